The first kappa shape index (κ1) is 15.8. The second-order valence-corrected chi connectivity index (χ2v) is 7.91. The van der Waals surface area contributed by atoms with Gasteiger partial charge in [0.25, 0.3) is 0 Å². The number of hydrogen-bond acceptors (Lipinski definition) is 2. The number of likely N-dealkylation sites (tertiary alicyclic amines) is 1. The molecule has 3 unspecified atom stereocenters. The summed E-state index contributed by atoms with van der Waals surface area (Å²) in [6.07, 6.45) is 7.75. The highest BCUT2D eigenvalue weighted by Crippen LogP contribution is 2.35. The maximum absolute atomic E-state index is 12.3. The van der Waals surface area contributed by atoms with Gasteiger partial charge in [0.2, 0.25) is 5.91 Å². The lowest BCUT2D eigenvalue weighted by atomic mass is 9.77. The molecule has 3 nitrogen and oxygen atoms in total. The fraction of sp³-hybridized carbons (Fsp3) is 0.941. The van der Waals surface area contributed by atoms with Gasteiger partial charge in [-0.05, 0) is 49.4 Å². The quantitative estimate of drug-likeness (QED) is 0.863. The van der Waals surface area contributed by atoms with Crippen molar-refractivity contribution in [2.45, 2.75) is 71.8 Å². The molecule has 1 aliphatic carbocycles. The molecule has 116 valence electrons. The van der Waals surface area contributed by atoms with Crippen molar-refractivity contribution in [3.8, 4) is 0 Å². The van der Waals surface area contributed by atoms with E-state index < -0.39 is 0 Å². The lowest BCUT2D eigenvalue weighted by Gasteiger charge is -2.29. The second-order valence-electron chi connectivity index (χ2n) is 7.91. The molecule has 0 aromatic carbocycles. The minimum Gasteiger partial charge on any atom is -0.343 e. The molecule has 2 fully saturated rings. The Morgan fingerprint density at radius 3 is 2.55 bits per heavy atom. The third kappa shape index (κ3) is 3.97. The van der Waals surface area contributed by atoms with Gasteiger partial charge in [-0.3, -0.25) is 4.79 Å². The van der Waals surface area contributed by atoms with E-state index in [9.17, 15) is 4.79 Å². The van der Waals surface area contributed by atoms with Gasteiger partial charge in [-0.15, -0.1) is 0 Å². The number of amides is 1. The molecule has 0 spiro atoms. The topological polar surface area (TPSA) is 46.3 Å². The third-order valence-corrected chi connectivity index (χ3v) is 5.52. The van der Waals surface area contributed by atoms with E-state index in [1.807, 2.05) is 0 Å². The Bertz CT molecular complexity index is 334. The van der Waals surface area contributed by atoms with Crippen molar-refractivity contribution in [2.75, 3.05) is 13.1 Å². The molecular weight excluding hydrogens is 248 g/mol. The van der Waals surface area contributed by atoms with Crippen LogP contribution in [0.2, 0.25) is 0 Å². The summed E-state index contributed by atoms with van der Waals surface area (Å²) in [7, 11) is 0. The van der Waals surface area contributed by atoms with Crippen molar-refractivity contribution in [3.05, 3.63) is 0 Å². The van der Waals surface area contributed by atoms with E-state index in [-0.39, 0.29) is 0 Å². The van der Waals surface area contributed by atoms with Crippen LogP contribution in [-0.4, -0.2) is 29.9 Å². The summed E-state index contributed by atoms with van der Waals surface area (Å²) in [5.41, 5.74) is 6.46. The van der Waals surface area contributed by atoms with Gasteiger partial charge in [-0.25, -0.2) is 0 Å². The van der Waals surface area contributed by atoms with Gasteiger partial charge in [0.05, 0.1) is 0 Å². The maximum Gasteiger partial charge on any atom is 0.222 e. The summed E-state index contributed by atoms with van der Waals surface area (Å²) >= 11 is 0. The van der Waals surface area contributed by atoms with Crippen LogP contribution >= 0.6 is 0 Å². The summed E-state index contributed by atoms with van der Waals surface area (Å²) in [5.74, 6) is 1.68. The van der Waals surface area contributed by atoms with Crippen LogP contribution < -0.4 is 5.73 Å². The summed E-state index contributed by atoms with van der Waals surface area (Å²) in [6, 6.07) is 0.374. The third-order valence-electron chi connectivity index (χ3n) is 5.52. The zero-order valence-corrected chi connectivity index (χ0v) is 13.5. The molecule has 20 heavy (non-hydrogen) atoms. The zero-order chi connectivity index (χ0) is 14.8. The Morgan fingerprint density at radius 1 is 1.20 bits per heavy atom. The van der Waals surface area contributed by atoms with E-state index in [2.05, 4.69) is 25.7 Å². The van der Waals surface area contributed by atoms with Gasteiger partial charge in [0.15, 0.2) is 0 Å². The fourth-order valence-corrected chi connectivity index (χ4v) is 3.88. The highest BCUT2D eigenvalue weighted by atomic mass is 16.2. The summed E-state index contributed by atoms with van der Waals surface area (Å²) in [5, 5.41) is 0. The number of carbonyl (C=O) groups excluding carboxylic acids is 1. The summed E-state index contributed by atoms with van der Waals surface area (Å²) in [6.45, 7) is 8.77. The average molecular weight is 280 g/mol. The van der Waals surface area contributed by atoms with E-state index in [0.29, 0.717) is 29.2 Å². The van der Waals surface area contributed by atoms with Crippen LogP contribution in [0, 0.1) is 17.3 Å². The number of rotatable bonds is 3. The average Bonchev–Trinajstić information content (AvgIpc) is 2.66. The molecule has 2 N–H and O–H groups in total. The predicted molar refractivity (Wildman–Crippen MR) is 83.3 cm³/mol. The Morgan fingerprint density at radius 2 is 1.95 bits per heavy atom. The van der Waals surface area contributed by atoms with Crippen LogP contribution in [0.3, 0.4) is 0 Å². The molecule has 1 saturated carbocycles. The Hall–Kier alpha value is -0.570. The van der Waals surface area contributed by atoms with Crippen LogP contribution in [0.15, 0.2) is 0 Å². The minimum absolute atomic E-state index is 0.324. The normalized spacial score (nSPS) is 32.5. The van der Waals surface area contributed by atoms with Crippen molar-refractivity contribution in [1.82, 2.24) is 4.90 Å². The molecule has 2 rings (SSSR count). The fourth-order valence-electron chi connectivity index (χ4n) is 3.88. The van der Waals surface area contributed by atoms with Crippen LogP contribution in [0.5, 0.6) is 0 Å². The molecule has 1 aliphatic heterocycles. The second kappa shape index (κ2) is 6.46. The summed E-state index contributed by atoms with van der Waals surface area (Å²) in [4.78, 5) is 14.4. The molecule has 3 atom stereocenters. The molecule has 0 bridgehead atoms. The van der Waals surface area contributed by atoms with Crippen LogP contribution in [0.4, 0.5) is 0 Å². The van der Waals surface area contributed by atoms with Gasteiger partial charge in [-0.2, -0.15) is 0 Å². The smallest absolute Gasteiger partial charge is 0.222 e. The highest BCUT2D eigenvalue weighted by molar-refractivity contribution is 5.76. The van der Waals surface area contributed by atoms with Crippen molar-refractivity contribution in [2.24, 2.45) is 23.0 Å². The van der Waals surface area contributed by atoms with Crippen molar-refractivity contribution < 1.29 is 4.79 Å². The molecule has 3 heteroatoms. The maximum atomic E-state index is 12.3. The molecule has 0 aromatic heterocycles. The van der Waals surface area contributed by atoms with Gasteiger partial charge < -0.3 is 10.6 Å². The van der Waals surface area contributed by atoms with E-state index in [4.69, 9.17) is 5.73 Å². The number of carbonyl (C=O) groups is 1. The monoisotopic (exact) mass is 280 g/mol. The predicted octanol–water partition coefficient (Wildman–Crippen LogP) is 3.18. The zero-order valence-electron chi connectivity index (χ0n) is 13.5. The number of nitrogens with zero attached hydrogens (tertiary/aromatic N) is 1. The molecular formula is C17H32N2O. The standard InChI is InChI=1S/C17H32N2O/c1-17(2,3)14-7-8-16(20)19(12-10-14)11-9-13-5-4-6-15(13)18/h13-15H,4-12,18H2,1-3H3. The van der Waals surface area contributed by atoms with E-state index >= 15 is 0 Å². The van der Waals surface area contributed by atoms with Crippen LogP contribution in [0.25, 0.3) is 0 Å². The van der Waals surface area contributed by atoms with Crippen molar-refractivity contribution in [1.29, 1.82) is 0 Å². The SMILES string of the molecule is CC(C)(C)C1CCC(=O)N(CCC2CCCC2N)CC1. The molecule has 1 amide bonds. The highest BCUT2D eigenvalue weighted by Gasteiger charge is 2.31. The van der Waals surface area contributed by atoms with Gasteiger partial charge >= 0.3 is 0 Å². The molecule has 1 heterocycles. The molecule has 0 aromatic rings. The Labute approximate surface area is 124 Å². The molecule has 0 radical (unpaired) electrons. The van der Waals surface area contributed by atoms with Gasteiger partial charge in [0, 0.05) is 25.6 Å². The molecule has 1 saturated heterocycles. The van der Waals surface area contributed by atoms with Gasteiger partial charge in [-0.1, -0.05) is 27.2 Å². The lowest BCUT2D eigenvalue weighted by Crippen LogP contribution is -2.34. The number of hydrogen-bond donors (Lipinski definition) is 1. The number of nitrogens with two attached hydrogens (primary N) is 1. The first-order valence-corrected chi connectivity index (χ1v) is 8.41. The lowest BCUT2D eigenvalue weighted by molar-refractivity contribution is -0.130. The van der Waals surface area contributed by atoms with Gasteiger partial charge in [0.1, 0.15) is 0 Å². The first-order valence-electron chi connectivity index (χ1n) is 8.41. The minimum atomic E-state index is 0.324. The largest absolute Gasteiger partial charge is 0.343 e. The van der Waals surface area contributed by atoms with Crippen molar-refractivity contribution in [3.63, 3.8) is 0 Å². The van der Waals surface area contributed by atoms with E-state index in [0.717, 1.165) is 38.8 Å². The van der Waals surface area contributed by atoms with Crippen LogP contribution in [-0.2, 0) is 4.79 Å². The summed E-state index contributed by atoms with van der Waals surface area (Å²) < 4.78 is 0. The molecule has 2 aliphatic rings. The Balaban J connectivity index is 1.84. The van der Waals surface area contributed by atoms with E-state index in [1.165, 1.54) is 19.3 Å². The van der Waals surface area contributed by atoms with Crippen molar-refractivity contribution >= 4 is 5.91 Å². The van der Waals surface area contributed by atoms with E-state index in [1.54, 1.807) is 0 Å². The Kier molecular flexibility index (Phi) is 5.11. The van der Waals surface area contributed by atoms with Crippen LogP contribution in [0.1, 0.15) is 65.7 Å². The first-order chi connectivity index (χ1) is 9.38.